The lowest BCUT2D eigenvalue weighted by molar-refractivity contribution is -0.160. The van der Waals surface area contributed by atoms with Gasteiger partial charge in [-0.2, -0.15) is 0 Å². The van der Waals surface area contributed by atoms with E-state index in [4.69, 9.17) is 0 Å². The van der Waals surface area contributed by atoms with Gasteiger partial charge in [-0.3, -0.25) is 9.59 Å². The van der Waals surface area contributed by atoms with E-state index in [9.17, 15) is 9.59 Å². The van der Waals surface area contributed by atoms with Crippen LogP contribution in [0.5, 0.6) is 0 Å². The Bertz CT molecular complexity index is 366. The molecule has 0 radical (unpaired) electrons. The number of likely N-dealkylation sites (N-methyl/N-ethyl adjacent to an activating group) is 1. The zero-order valence-corrected chi connectivity index (χ0v) is 10.4. The average Bonchev–Trinajstić information content (AvgIpc) is 2.95. The largest absolute Gasteiger partial charge is 0.340 e. The number of rotatable bonds is 0. The molecule has 2 spiro atoms. The van der Waals surface area contributed by atoms with Gasteiger partial charge in [0.25, 0.3) is 0 Å². The van der Waals surface area contributed by atoms with E-state index in [2.05, 4.69) is 5.32 Å². The molecule has 3 fully saturated rings. The van der Waals surface area contributed by atoms with Gasteiger partial charge in [0.05, 0.1) is 0 Å². The molecule has 17 heavy (non-hydrogen) atoms. The molecule has 4 heteroatoms. The van der Waals surface area contributed by atoms with Gasteiger partial charge in [0, 0.05) is 7.05 Å². The number of nitrogens with one attached hydrogen (secondary N) is 1. The first-order valence-corrected chi connectivity index (χ1v) is 6.72. The van der Waals surface area contributed by atoms with Crippen molar-refractivity contribution >= 4 is 11.8 Å². The van der Waals surface area contributed by atoms with E-state index in [1.807, 2.05) is 7.05 Å². The molecule has 1 heterocycles. The first-order chi connectivity index (χ1) is 8.11. The third-order valence-corrected chi connectivity index (χ3v) is 5.02. The van der Waals surface area contributed by atoms with Crippen molar-refractivity contribution in [1.82, 2.24) is 10.2 Å². The van der Waals surface area contributed by atoms with Gasteiger partial charge in [-0.1, -0.05) is 25.7 Å². The average molecular weight is 236 g/mol. The molecular formula is C13H20N2O2. The van der Waals surface area contributed by atoms with Crippen molar-refractivity contribution in [1.29, 1.82) is 0 Å². The van der Waals surface area contributed by atoms with Crippen LogP contribution in [0.2, 0.25) is 0 Å². The second kappa shape index (κ2) is 3.47. The molecule has 3 rings (SSSR count). The van der Waals surface area contributed by atoms with E-state index in [0.717, 1.165) is 51.4 Å². The number of hydrogen-bond acceptors (Lipinski definition) is 2. The predicted octanol–water partition coefficient (Wildman–Crippen LogP) is 1.20. The molecule has 0 unspecified atom stereocenters. The number of nitrogens with zero attached hydrogens (tertiary/aromatic N) is 1. The van der Waals surface area contributed by atoms with Crippen molar-refractivity contribution in [3.8, 4) is 0 Å². The van der Waals surface area contributed by atoms with E-state index < -0.39 is 11.1 Å². The SMILES string of the molecule is CN1C(=O)C2(CCCC2)NC(=O)C12CCCC2. The molecule has 1 aliphatic heterocycles. The van der Waals surface area contributed by atoms with Crippen molar-refractivity contribution in [3.63, 3.8) is 0 Å². The standard InChI is InChI=1S/C13H20N2O2/c1-15-11(17)12(6-2-3-7-12)14-10(16)13(15)8-4-5-9-13/h2-9H2,1H3,(H,14,16). The minimum Gasteiger partial charge on any atom is -0.340 e. The summed E-state index contributed by atoms with van der Waals surface area (Å²) in [4.78, 5) is 26.8. The molecule has 0 atom stereocenters. The van der Waals surface area contributed by atoms with Gasteiger partial charge < -0.3 is 10.2 Å². The molecule has 0 aromatic rings. The first kappa shape index (κ1) is 11.1. The second-order valence-electron chi connectivity index (χ2n) is 5.85. The molecule has 94 valence electrons. The number of carbonyl (C=O) groups is 2. The summed E-state index contributed by atoms with van der Waals surface area (Å²) in [6, 6.07) is 0. The van der Waals surface area contributed by atoms with Crippen LogP contribution in [0.25, 0.3) is 0 Å². The third kappa shape index (κ3) is 1.30. The number of piperazine rings is 1. The highest BCUT2D eigenvalue weighted by atomic mass is 16.2. The topological polar surface area (TPSA) is 49.4 Å². The monoisotopic (exact) mass is 236 g/mol. The Morgan fingerprint density at radius 3 is 2.12 bits per heavy atom. The van der Waals surface area contributed by atoms with Gasteiger partial charge >= 0.3 is 0 Å². The van der Waals surface area contributed by atoms with E-state index in [0.29, 0.717) is 0 Å². The highest BCUT2D eigenvalue weighted by Crippen LogP contribution is 2.42. The Morgan fingerprint density at radius 2 is 1.53 bits per heavy atom. The van der Waals surface area contributed by atoms with Crippen LogP contribution in [0.15, 0.2) is 0 Å². The van der Waals surface area contributed by atoms with Gasteiger partial charge in [-0.15, -0.1) is 0 Å². The maximum atomic E-state index is 12.6. The molecule has 2 saturated carbocycles. The van der Waals surface area contributed by atoms with E-state index in [1.54, 1.807) is 4.90 Å². The zero-order chi connectivity index (χ0) is 12.1. The number of carbonyl (C=O) groups excluding carboxylic acids is 2. The second-order valence-corrected chi connectivity index (χ2v) is 5.85. The number of amides is 2. The molecule has 1 N–H and O–H groups in total. The Hall–Kier alpha value is -1.06. The van der Waals surface area contributed by atoms with Gasteiger partial charge in [0.15, 0.2) is 0 Å². The highest BCUT2D eigenvalue weighted by Gasteiger charge is 2.58. The van der Waals surface area contributed by atoms with Gasteiger partial charge in [-0.25, -0.2) is 0 Å². The van der Waals surface area contributed by atoms with Crippen molar-refractivity contribution in [2.24, 2.45) is 0 Å². The van der Waals surface area contributed by atoms with E-state index in [-0.39, 0.29) is 11.8 Å². The molecule has 0 bridgehead atoms. The molecular weight excluding hydrogens is 216 g/mol. The van der Waals surface area contributed by atoms with Crippen molar-refractivity contribution < 1.29 is 9.59 Å². The summed E-state index contributed by atoms with van der Waals surface area (Å²) < 4.78 is 0. The van der Waals surface area contributed by atoms with Crippen LogP contribution in [-0.4, -0.2) is 34.8 Å². The molecule has 2 aliphatic carbocycles. The Labute approximate surface area is 102 Å². The van der Waals surface area contributed by atoms with Crippen molar-refractivity contribution in [2.75, 3.05) is 7.05 Å². The zero-order valence-electron chi connectivity index (χ0n) is 10.4. The fourth-order valence-corrected chi connectivity index (χ4v) is 3.89. The minimum atomic E-state index is -0.556. The van der Waals surface area contributed by atoms with Crippen LogP contribution in [-0.2, 0) is 9.59 Å². The van der Waals surface area contributed by atoms with Gasteiger partial charge in [0.2, 0.25) is 11.8 Å². The van der Waals surface area contributed by atoms with Crippen LogP contribution in [0, 0.1) is 0 Å². The van der Waals surface area contributed by atoms with Crippen molar-refractivity contribution in [2.45, 2.75) is 62.4 Å². The summed E-state index contributed by atoms with van der Waals surface area (Å²) in [6.07, 6.45) is 7.50. The van der Waals surface area contributed by atoms with Crippen LogP contribution in [0.1, 0.15) is 51.4 Å². The summed E-state index contributed by atoms with van der Waals surface area (Å²) in [5, 5.41) is 3.07. The number of hydrogen-bond donors (Lipinski definition) is 1. The summed E-state index contributed by atoms with van der Waals surface area (Å²) in [5.74, 6) is 0.246. The molecule has 2 amide bonds. The fraction of sp³-hybridized carbons (Fsp3) is 0.846. The Morgan fingerprint density at radius 1 is 1.00 bits per heavy atom. The first-order valence-electron chi connectivity index (χ1n) is 6.72. The maximum absolute atomic E-state index is 12.6. The maximum Gasteiger partial charge on any atom is 0.248 e. The smallest absolute Gasteiger partial charge is 0.248 e. The van der Waals surface area contributed by atoms with Gasteiger partial charge in [0.1, 0.15) is 11.1 Å². The van der Waals surface area contributed by atoms with E-state index >= 15 is 0 Å². The molecule has 3 aliphatic rings. The third-order valence-electron chi connectivity index (χ3n) is 5.02. The van der Waals surface area contributed by atoms with Crippen LogP contribution in [0.4, 0.5) is 0 Å². The van der Waals surface area contributed by atoms with Crippen LogP contribution < -0.4 is 5.32 Å². The summed E-state index contributed by atoms with van der Waals surface area (Å²) in [5.41, 5.74) is -1.08. The summed E-state index contributed by atoms with van der Waals surface area (Å²) in [6.45, 7) is 0. The summed E-state index contributed by atoms with van der Waals surface area (Å²) >= 11 is 0. The van der Waals surface area contributed by atoms with E-state index in [1.165, 1.54) is 0 Å². The van der Waals surface area contributed by atoms with Crippen LogP contribution in [0.3, 0.4) is 0 Å². The normalized spacial score (nSPS) is 30.3. The Balaban J connectivity index is 1.95. The fourth-order valence-electron chi connectivity index (χ4n) is 3.89. The lowest BCUT2D eigenvalue weighted by atomic mass is 9.83. The quantitative estimate of drug-likeness (QED) is 0.687. The Kier molecular flexibility index (Phi) is 2.25. The molecule has 1 saturated heterocycles. The van der Waals surface area contributed by atoms with Gasteiger partial charge in [-0.05, 0) is 25.7 Å². The van der Waals surface area contributed by atoms with Crippen LogP contribution >= 0.6 is 0 Å². The lowest BCUT2D eigenvalue weighted by Gasteiger charge is -2.48. The predicted molar refractivity (Wildman–Crippen MR) is 63.3 cm³/mol. The lowest BCUT2D eigenvalue weighted by Crippen LogP contribution is -2.73. The van der Waals surface area contributed by atoms with Crippen molar-refractivity contribution in [3.05, 3.63) is 0 Å². The minimum absolute atomic E-state index is 0.0963. The summed E-state index contributed by atoms with van der Waals surface area (Å²) in [7, 11) is 1.83. The molecule has 0 aromatic heterocycles. The molecule has 0 aromatic carbocycles. The highest BCUT2D eigenvalue weighted by molar-refractivity contribution is 6.02. The molecule has 4 nitrogen and oxygen atoms in total.